The van der Waals surface area contributed by atoms with Crippen LogP contribution in [0.5, 0.6) is 0 Å². The molecular formula is C8H10OS. The van der Waals surface area contributed by atoms with Crippen molar-refractivity contribution in [2.45, 2.75) is 12.5 Å². The molecule has 2 heteroatoms. The van der Waals surface area contributed by atoms with Gasteiger partial charge >= 0.3 is 0 Å². The van der Waals surface area contributed by atoms with E-state index in [0.29, 0.717) is 6.42 Å². The number of thiophene rings is 1. The van der Waals surface area contributed by atoms with Crippen LogP contribution in [0, 0.1) is 0 Å². The first-order chi connectivity index (χ1) is 4.84. The molecular weight excluding hydrogens is 144 g/mol. The third-order valence-corrected chi connectivity index (χ3v) is 2.02. The Morgan fingerprint density at radius 3 is 3.10 bits per heavy atom. The molecule has 1 N–H and O–H groups in total. The standard InChI is InChI=1S/C8H10OS/c1-2-3-8(9)7-4-5-10-6-7/h2,4-6,8-9H,1,3H2. The summed E-state index contributed by atoms with van der Waals surface area (Å²) in [5, 5.41) is 13.3. The van der Waals surface area contributed by atoms with E-state index in [0.717, 1.165) is 5.56 Å². The van der Waals surface area contributed by atoms with Crippen LogP contribution < -0.4 is 0 Å². The summed E-state index contributed by atoms with van der Waals surface area (Å²) in [7, 11) is 0. The molecule has 0 aromatic carbocycles. The molecule has 54 valence electrons. The summed E-state index contributed by atoms with van der Waals surface area (Å²) in [4.78, 5) is 0. The lowest BCUT2D eigenvalue weighted by atomic mass is 10.1. The average molecular weight is 154 g/mol. The normalized spacial score (nSPS) is 12.9. The number of rotatable bonds is 3. The van der Waals surface area contributed by atoms with Crippen LogP contribution in [0.25, 0.3) is 0 Å². The Morgan fingerprint density at radius 2 is 2.60 bits per heavy atom. The highest BCUT2D eigenvalue weighted by molar-refractivity contribution is 7.07. The molecule has 0 amide bonds. The third kappa shape index (κ3) is 1.69. The van der Waals surface area contributed by atoms with Gasteiger partial charge in [-0.05, 0) is 28.8 Å². The minimum absolute atomic E-state index is 0.358. The smallest absolute Gasteiger partial charge is 0.0832 e. The fraction of sp³-hybridized carbons (Fsp3) is 0.250. The van der Waals surface area contributed by atoms with Gasteiger partial charge in [0.2, 0.25) is 0 Å². The van der Waals surface area contributed by atoms with E-state index in [-0.39, 0.29) is 6.10 Å². The van der Waals surface area contributed by atoms with Gasteiger partial charge in [0.1, 0.15) is 0 Å². The number of hydrogen-bond donors (Lipinski definition) is 1. The van der Waals surface area contributed by atoms with Gasteiger partial charge in [0.25, 0.3) is 0 Å². The zero-order chi connectivity index (χ0) is 7.40. The first kappa shape index (κ1) is 7.51. The Kier molecular flexibility index (Phi) is 2.66. The van der Waals surface area contributed by atoms with Crippen LogP contribution in [-0.4, -0.2) is 5.11 Å². The summed E-state index contributed by atoms with van der Waals surface area (Å²) < 4.78 is 0. The fourth-order valence-corrected chi connectivity index (χ4v) is 1.47. The molecule has 0 fully saturated rings. The van der Waals surface area contributed by atoms with Gasteiger partial charge in [-0.2, -0.15) is 11.3 Å². The van der Waals surface area contributed by atoms with Gasteiger partial charge in [-0.1, -0.05) is 6.08 Å². The molecule has 1 heterocycles. The van der Waals surface area contributed by atoms with Crippen LogP contribution >= 0.6 is 11.3 Å². The van der Waals surface area contributed by atoms with E-state index in [2.05, 4.69) is 6.58 Å². The molecule has 0 spiro atoms. The summed E-state index contributed by atoms with van der Waals surface area (Å²) in [6.45, 7) is 3.55. The molecule has 0 saturated carbocycles. The summed E-state index contributed by atoms with van der Waals surface area (Å²) in [6, 6.07) is 1.93. The number of aliphatic hydroxyl groups is 1. The van der Waals surface area contributed by atoms with Gasteiger partial charge in [-0.3, -0.25) is 0 Å². The molecule has 0 bridgehead atoms. The van der Waals surface area contributed by atoms with E-state index in [1.807, 2.05) is 16.8 Å². The second-order valence-corrected chi connectivity index (χ2v) is 2.88. The zero-order valence-electron chi connectivity index (χ0n) is 5.66. The maximum Gasteiger partial charge on any atom is 0.0832 e. The second-order valence-electron chi connectivity index (χ2n) is 2.10. The maximum atomic E-state index is 9.34. The van der Waals surface area contributed by atoms with E-state index < -0.39 is 0 Å². The largest absolute Gasteiger partial charge is 0.388 e. The van der Waals surface area contributed by atoms with Gasteiger partial charge in [0.05, 0.1) is 6.10 Å². The van der Waals surface area contributed by atoms with Crippen LogP contribution in [0.4, 0.5) is 0 Å². The average Bonchev–Trinajstić information content (AvgIpc) is 2.38. The summed E-state index contributed by atoms with van der Waals surface area (Å²) in [5.74, 6) is 0. The van der Waals surface area contributed by atoms with Gasteiger partial charge in [0, 0.05) is 0 Å². The van der Waals surface area contributed by atoms with E-state index in [4.69, 9.17) is 0 Å². The lowest BCUT2D eigenvalue weighted by molar-refractivity contribution is 0.182. The maximum absolute atomic E-state index is 9.34. The fourth-order valence-electron chi connectivity index (χ4n) is 0.759. The molecule has 0 saturated heterocycles. The Balaban J connectivity index is 2.58. The zero-order valence-corrected chi connectivity index (χ0v) is 6.47. The van der Waals surface area contributed by atoms with Crippen LogP contribution in [-0.2, 0) is 0 Å². The Morgan fingerprint density at radius 1 is 1.80 bits per heavy atom. The predicted octanol–water partition coefficient (Wildman–Crippen LogP) is 2.36. The summed E-state index contributed by atoms with van der Waals surface area (Å²) >= 11 is 1.60. The molecule has 1 aromatic rings. The molecule has 1 unspecified atom stereocenters. The van der Waals surface area contributed by atoms with Crippen LogP contribution in [0.15, 0.2) is 29.5 Å². The Hall–Kier alpha value is -0.600. The lowest BCUT2D eigenvalue weighted by Gasteiger charge is -2.02. The molecule has 0 radical (unpaired) electrons. The summed E-state index contributed by atoms with van der Waals surface area (Å²) in [6.07, 6.45) is 2.00. The van der Waals surface area contributed by atoms with Crippen molar-refractivity contribution in [2.75, 3.05) is 0 Å². The first-order valence-electron chi connectivity index (χ1n) is 3.15. The molecule has 1 rings (SSSR count). The van der Waals surface area contributed by atoms with Gasteiger partial charge in [0.15, 0.2) is 0 Å². The van der Waals surface area contributed by atoms with E-state index >= 15 is 0 Å². The van der Waals surface area contributed by atoms with Crippen molar-refractivity contribution >= 4 is 11.3 Å². The van der Waals surface area contributed by atoms with Crippen molar-refractivity contribution in [1.82, 2.24) is 0 Å². The van der Waals surface area contributed by atoms with Gasteiger partial charge in [-0.15, -0.1) is 6.58 Å². The van der Waals surface area contributed by atoms with Crippen LogP contribution in [0.1, 0.15) is 18.1 Å². The van der Waals surface area contributed by atoms with Crippen LogP contribution in [0.3, 0.4) is 0 Å². The molecule has 1 nitrogen and oxygen atoms in total. The summed E-state index contributed by atoms with van der Waals surface area (Å²) in [5.41, 5.74) is 0.991. The Bertz CT molecular complexity index is 191. The van der Waals surface area contributed by atoms with E-state index in [1.54, 1.807) is 17.4 Å². The molecule has 1 aromatic heterocycles. The highest BCUT2D eigenvalue weighted by atomic mass is 32.1. The van der Waals surface area contributed by atoms with Crippen molar-refractivity contribution in [2.24, 2.45) is 0 Å². The monoisotopic (exact) mass is 154 g/mol. The Labute approximate surface area is 64.6 Å². The topological polar surface area (TPSA) is 20.2 Å². The molecule has 0 aliphatic carbocycles. The number of aliphatic hydroxyl groups excluding tert-OH is 1. The highest BCUT2D eigenvalue weighted by Gasteiger charge is 2.03. The second kappa shape index (κ2) is 3.54. The number of hydrogen-bond acceptors (Lipinski definition) is 2. The van der Waals surface area contributed by atoms with Crippen molar-refractivity contribution in [3.8, 4) is 0 Å². The third-order valence-electron chi connectivity index (χ3n) is 1.32. The van der Waals surface area contributed by atoms with Gasteiger partial charge in [-0.25, -0.2) is 0 Å². The molecule has 1 atom stereocenters. The van der Waals surface area contributed by atoms with Crippen molar-refractivity contribution in [3.63, 3.8) is 0 Å². The van der Waals surface area contributed by atoms with Crippen molar-refractivity contribution in [1.29, 1.82) is 0 Å². The minimum atomic E-state index is -0.358. The lowest BCUT2D eigenvalue weighted by Crippen LogP contribution is -1.91. The molecule has 10 heavy (non-hydrogen) atoms. The molecule has 0 aliphatic heterocycles. The van der Waals surface area contributed by atoms with E-state index in [9.17, 15) is 5.11 Å². The van der Waals surface area contributed by atoms with Crippen molar-refractivity contribution < 1.29 is 5.11 Å². The first-order valence-corrected chi connectivity index (χ1v) is 4.10. The molecule has 0 aliphatic rings. The SMILES string of the molecule is C=CCC(O)c1ccsc1. The van der Waals surface area contributed by atoms with Crippen molar-refractivity contribution in [3.05, 3.63) is 35.0 Å². The van der Waals surface area contributed by atoms with E-state index in [1.165, 1.54) is 0 Å². The van der Waals surface area contributed by atoms with Gasteiger partial charge < -0.3 is 5.11 Å². The van der Waals surface area contributed by atoms with Crippen LogP contribution in [0.2, 0.25) is 0 Å². The minimum Gasteiger partial charge on any atom is -0.388 e. The predicted molar refractivity (Wildman–Crippen MR) is 44.1 cm³/mol. The quantitative estimate of drug-likeness (QED) is 0.663. The highest BCUT2D eigenvalue weighted by Crippen LogP contribution is 2.18.